The molecule has 1 rings (SSSR count). The van der Waals surface area contributed by atoms with Gasteiger partial charge in [0.05, 0.1) is 5.60 Å². The Hall–Kier alpha value is -1.22. The zero-order chi connectivity index (χ0) is 10.8. The molecule has 0 aliphatic heterocycles. The molecule has 0 radical (unpaired) electrons. The van der Waals surface area contributed by atoms with Crippen LogP contribution in [0.4, 0.5) is 4.39 Å². The van der Waals surface area contributed by atoms with Crippen molar-refractivity contribution in [1.29, 1.82) is 0 Å². The van der Waals surface area contributed by atoms with Crippen molar-refractivity contribution in [2.75, 3.05) is 0 Å². The number of aliphatic hydroxyl groups is 1. The SMILES string of the molecule is Cc1cc(C(C)(O)CC=O)ccc1F. The van der Waals surface area contributed by atoms with Gasteiger partial charge in [-0.05, 0) is 31.0 Å². The van der Waals surface area contributed by atoms with Gasteiger partial charge < -0.3 is 9.90 Å². The molecule has 0 amide bonds. The van der Waals surface area contributed by atoms with Crippen molar-refractivity contribution in [3.05, 3.63) is 35.1 Å². The quantitative estimate of drug-likeness (QED) is 0.750. The molecule has 14 heavy (non-hydrogen) atoms. The molecule has 1 N–H and O–H groups in total. The zero-order valence-electron chi connectivity index (χ0n) is 8.25. The van der Waals surface area contributed by atoms with E-state index in [9.17, 15) is 14.3 Å². The van der Waals surface area contributed by atoms with Gasteiger partial charge in [0, 0.05) is 6.42 Å². The van der Waals surface area contributed by atoms with E-state index in [4.69, 9.17) is 0 Å². The van der Waals surface area contributed by atoms with E-state index >= 15 is 0 Å². The van der Waals surface area contributed by atoms with E-state index in [0.29, 0.717) is 17.4 Å². The average molecular weight is 196 g/mol. The number of carbonyl (C=O) groups is 1. The van der Waals surface area contributed by atoms with Crippen LogP contribution in [0.15, 0.2) is 18.2 Å². The Balaban J connectivity index is 3.07. The van der Waals surface area contributed by atoms with Crippen LogP contribution in [0.5, 0.6) is 0 Å². The number of benzene rings is 1. The Morgan fingerprint density at radius 2 is 2.21 bits per heavy atom. The number of hydrogen-bond acceptors (Lipinski definition) is 2. The standard InChI is InChI=1S/C11H13FO2/c1-8-7-9(3-4-10(8)12)11(2,14)5-6-13/h3-4,6-7,14H,5H2,1-2H3. The summed E-state index contributed by atoms with van der Waals surface area (Å²) in [7, 11) is 0. The molecule has 0 spiro atoms. The molecule has 0 saturated carbocycles. The van der Waals surface area contributed by atoms with Gasteiger partial charge in [-0.15, -0.1) is 0 Å². The van der Waals surface area contributed by atoms with Crippen LogP contribution in [0.3, 0.4) is 0 Å². The molecule has 1 unspecified atom stereocenters. The van der Waals surface area contributed by atoms with Crippen LogP contribution < -0.4 is 0 Å². The highest BCUT2D eigenvalue weighted by Crippen LogP contribution is 2.24. The molecule has 1 aromatic rings. The molecule has 76 valence electrons. The Morgan fingerprint density at radius 3 is 2.71 bits per heavy atom. The molecule has 0 aliphatic carbocycles. The van der Waals surface area contributed by atoms with Gasteiger partial charge >= 0.3 is 0 Å². The molecule has 2 nitrogen and oxygen atoms in total. The predicted octanol–water partition coefficient (Wildman–Crippen LogP) is 1.93. The Morgan fingerprint density at radius 1 is 1.57 bits per heavy atom. The lowest BCUT2D eigenvalue weighted by atomic mass is 9.92. The number of carbonyl (C=O) groups excluding carboxylic acids is 1. The van der Waals surface area contributed by atoms with Crippen LogP contribution in [0.1, 0.15) is 24.5 Å². The summed E-state index contributed by atoms with van der Waals surface area (Å²) in [6.07, 6.45) is 0.663. The maximum Gasteiger partial charge on any atom is 0.126 e. The van der Waals surface area contributed by atoms with Gasteiger partial charge in [0.1, 0.15) is 12.1 Å². The summed E-state index contributed by atoms with van der Waals surface area (Å²) >= 11 is 0. The molecule has 1 aromatic carbocycles. The van der Waals surface area contributed by atoms with Crippen LogP contribution in [0.2, 0.25) is 0 Å². The number of aryl methyl sites for hydroxylation is 1. The van der Waals surface area contributed by atoms with Gasteiger partial charge in [0.15, 0.2) is 0 Å². The predicted molar refractivity (Wildman–Crippen MR) is 51.4 cm³/mol. The molecule has 3 heteroatoms. The first kappa shape index (κ1) is 10.9. The first-order valence-electron chi connectivity index (χ1n) is 4.40. The second kappa shape index (κ2) is 3.88. The third-order valence-corrected chi connectivity index (χ3v) is 2.26. The summed E-state index contributed by atoms with van der Waals surface area (Å²) in [5, 5.41) is 9.85. The van der Waals surface area contributed by atoms with E-state index in [1.165, 1.54) is 19.1 Å². The largest absolute Gasteiger partial charge is 0.385 e. The third-order valence-electron chi connectivity index (χ3n) is 2.26. The first-order chi connectivity index (χ1) is 6.47. The normalized spacial score (nSPS) is 14.9. The van der Waals surface area contributed by atoms with Crippen LogP contribution >= 0.6 is 0 Å². The highest BCUT2D eigenvalue weighted by molar-refractivity contribution is 5.52. The van der Waals surface area contributed by atoms with Gasteiger partial charge in [-0.2, -0.15) is 0 Å². The lowest BCUT2D eigenvalue weighted by molar-refractivity contribution is -0.112. The summed E-state index contributed by atoms with van der Waals surface area (Å²) in [6.45, 7) is 3.16. The summed E-state index contributed by atoms with van der Waals surface area (Å²) in [6, 6.07) is 4.34. The van der Waals surface area contributed by atoms with Crippen LogP contribution in [-0.2, 0) is 10.4 Å². The fourth-order valence-electron chi connectivity index (χ4n) is 1.26. The molecule has 0 heterocycles. The molecule has 0 aliphatic rings. The summed E-state index contributed by atoms with van der Waals surface area (Å²) in [5.41, 5.74) is -0.183. The van der Waals surface area contributed by atoms with Crippen LogP contribution in [-0.4, -0.2) is 11.4 Å². The maximum atomic E-state index is 12.9. The highest BCUT2D eigenvalue weighted by Gasteiger charge is 2.22. The molecule has 0 saturated heterocycles. The maximum absolute atomic E-state index is 12.9. The van der Waals surface area contributed by atoms with Crippen molar-refractivity contribution in [3.8, 4) is 0 Å². The third kappa shape index (κ3) is 2.17. The molecular weight excluding hydrogens is 183 g/mol. The summed E-state index contributed by atoms with van der Waals surface area (Å²) in [5.74, 6) is -0.310. The summed E-state index contributed by atoms with van der Waals surface area (Å²) in [4.78, 5) is 10.3. The smallest absolute Gasteiger partial charge is 0.126 e. The lowest BCUT2D eigenvalue weighted by Crippen LogP contribution is -2.21. The molecule has 0 bridgehead atoms. The first-order valence-corrected chi connectivity index (χ1v) is 4.40. The average Bonchev–Trinajstić information content (AvgIpc) is 2.09. The fourth-order valence-corrected chi connectivity index (χ4v) is 1.26. The van der Waals surface area contributed by atoms with Crippen LogP contribution in [0.25, 0.3) is 0 Å². The van der Waals surface area contributed by atoms with Gasteiger partial charge in [0.25, 0.3) is 0 Å². The number of halogens is 1. The van der Waals surface area contributed by atoms with Crippen molar-refractivity contribution in [3.63, 3.8) is 0 Å². The van der Waals surface area contributed by atoms with Crippen molar-refractivity contribution < 1.29 is 14.3 Å². The van der Waals surface area contributed by atoms with E-state index in [1.54, 1.807) is 13.0 Å². The minimum atomic E-state index is -1.21. The Bertz CT molecular complexity index is 345. The topological polar surface area (TPSA) is 37.3 Å². The van der Waals surface area contributed by atoms with E-state index in [1.807, 2.05) is 0 Å². The van der Waals surface area contributed by atoms with Crippen molar-refractivity contribution in [2.24, 2.45) is 0 Å². The minimum absolute atomic E-state index is 0.0120. The lowest BCUT2D eigenvalue weighted by Gasteiger charge is -2.21. The number of hydrogen-bond donors (Lipinski definition) is 1. The van der Waals surface area contributed by atoms with Crippen molar-refractivity contribution in [1.82, 2.24) is 0 Å². The van der Waals surface area contributed by atoms with E-state index in [0.717, 1.165) is 0 Å². The van der Waals surface area contributed by atoms with Gasteiger partial charge in [-0.1, -0.05) is 12.1 Å². The number of aldehydes is 1. The monoisotopic (exact) mass is 196 g/mol. The second-order valence-corrected chi connectivity index (χ2v) is 3.61. The van der Waals surface area contributed by atoms with E-state index < -0.39 is 5.60 Å². The van der Waals surface area contributed by atoms with Crippen LogP contribution in [0, 0.1) is 12.7 Å². The van der Waals surface area contributed by atoms with Crippen molar-refractivity contribution >= 4 is 6.29 Å². The Kier molecular flexibility index (Phi) is 3.01. The number of rotatable bonds is 3. The molecular formula is C11H13FO2. The van der Waals surface area contributed by atoms with Gasteiger partial charge in [-0.25, -0.2) is 4.39 Å². The van der Waals surface area contributed by atoms with Gasteiger partial charge in [-0.3, -0.25) is 0 Å². The minimum Gasteiger partial charge on any atom is -0.385 e. The zero-order valence-corrected chi connectivity index (χ0v) is 8.25. The summed E-state index contributed by atoms with van der Waals surface area (Å²) < 4.78 is 12.9. The fraction of sp³-hybridized carbons (Fsp3) is 0.364. The van der Waals surface area contributed by atoms with Gasteiger partial charge in [0.2, 0.25) is 0 Å². The van der Waals surface area contributed by atoms with Crippen molar-refractivity contribution in [2.45, 2.75) is 25.9 Å². The highest BCUT2D eigenvalue weighted by atomic mass is 19.1. The van der Waals surface area contributed by atoms with E-state index in [2.05, 4.69) is 0 Å². The molecule has 0 fully saturated rings. The Labute approximate surface area is 82.4 Å². The second-order valence-electron chi connectivity index (χ2n) is 3.61. The van der Waals surface area contributed by atoms with E-state index in [-0.39, 0.29) is 12.2 Å². The molecule has 1 atom stereocenters. The molecule has 0 aromatic heterocycles.